The van der Waals surface area contributed by atoms with Crippen molar-refractivity contribution >= 4 is 29.2 Å². The van der Waals surface area contributed by atoms with Crippen LogP contribution < -0.4 is 14.4 Å². The lowest BCUT2D eigenvalue weighted by molar-refractivity contribution is -0.118. The summed E-state index contributed by atoms with van der Waals surface area (Å²) < 4.78 is 16.5. The van der Waals surface area contributed by atoms with Gasteiger partial charge < -0.3 is 19.1 Å². The van der Waals surface area contributed by atoms with E-state index in [0.29, 0.717) is 35.3 Å². The second kappa shape index (κ2) is 10.2. The summed E-state index contributed by atoms with van der Waals surface area (Å²) in [6.45, 7) is 4.80. The topological polar surface area (TPSA) is 65.1 Å². The summed E-state index contributed by atoms with van der Waals surface area (Å²) in [4.78, 5) is 27.2. The zero-order chi connectivity index (χ0) is 24.2. The van der Waals surface area contributed by atoms with E-state index in [0.717, 1.165) is 22.4 Å². The molecule has 1 unspecified atom stereocenters. The molecule has 34 heavy (non-hydrogen) atoms. The number of fused-ring (bicyclic) bond motifs is 1. The molecular formula is C27H26ClNO5. The minimum atomic E-state index is -0.431. The van der Waals surface area contributed by atoms with Crippen LogP contribution in [0.2, 0.25) is 5.02 Å². The number of anilines is 1. The molecule has 1 atom stereocenters. The average molecular weight is 480 g/mol. The molecule has 4 rings (SSSR count). The van der Waals surface area contributed by atoms with E-state index in [-0.39, 0.29) is 12.3 Å². The summed E-state index contributed by atoms with van der Waals surface area (Å²) in [5.74, 6) is 0.782. The number of ether oxygens (including phenoxy) is 3. The Labute approximate surface area is 204 Å². The zero-order valence-electron chi connectivity index (χ0n) is 19.3. The van der Waals surface area contributed by atoms with Gasteiger partial charge in [0.05, 0.1) is 38.3 Å². The summed E-state index contributed by atoms with van der Waals surface area (Å²) in [5.41, 5.74) is 3.84. The molecule has 6 nitrogen and oxygen atoms in total. The molecule has 0 aliphatic carbocycles. The number of hydrogen-bond donors (Lipinski definition) is 0. The van der Waals surface area contributed by atoms with Crippen molar-refractivity contribution in [3.63, 3.8) is 0 Å². The van der Waals surface area contributed by atoms with Crippen LogP contribution in [0.4, 0.5) is 5.69 Å². The van der Waals surface area contributed by atoms with Gasteiger partial charge in [0.25, 0.3) is 0 Å². The fourth-order valence-corrected chi connectivity index (χ4v) is 4.36. The average Bonchev–Trinajstić information content (AvgIpc) is 2.84. The van der Waals surface area contributed by atoms with Crippen LogP contribution in [0.3, 0.4) is 0 Å². The Hall–Kier alpha value is -3.51. The Kier molecular flexibility index (Phi) is 7.08. The van der Waals surface area contributed by atoms with E-state index in [1.807, 2.05) is 50.2 Å². The third-order valence-electron chi connectivity index (χ3n) is 5.72. The van der Waals surface area contributed by atoms with Crippen molar-refractivity contribution in [3.8, 4) is 11.5 Å². The number of benzene rings is 3. The minimum Gasteiger partial charge on any atom is -0.490 e. The predicted octanol–water partition coefficient (Wildman–Crippen LogP) is 5.60. The van der Waals surface area contributed by atoms with Crippen LogP contribution in [0, 0.1) is 0 Å². The highest BCUT2D eigenvalue weighted by atomic mass is 35.5. The Morgan fingerprint density at radius 3 is 2.18 bits per heavy atom. The van der Waals surface area contributed by atoms with Crippen LogP contribution >= 0.6 is 11.6 Å². The van der Waals surface area contributed by atoms with Crippen molar-refractivity contribution in [2.75, 3.05) is 25.2 Å². The molecule has 0 saturated carbocycles. The van der Waals surface area contributed by atoms with E-state index in [1.165, 1.54) is 7.11 Å². The number of rotatable bonds is 7. The molecular weight excluding hydrogens is 454 g/mol. The number of esters is 1. The highest BCUT2D eigenvalue weighted by molar-refractivity contribution is 6.30. The number of nitrogens with zero attached hydrogens (tertiary/aromatic N) is 1. The monoisotopic (exact) mass is 479 g/mol. The molecule has 0 fully saturated rings. The van der Waals surface area contributed by atoms with E-state index >= 15 is 0 Å². The van der Waals surface area contributed by atoms with Gasteiger partial charge >= 0.3 is 5.97 Å². The fraction of sp³-hybridized carbons (Fsp3) is 0.259. The van der Waals surface area contributed by atoms with Gasteiger partial charge in [-0.2, -0.15) is 0 Å². The summed E-state index contributed by atoms with van der Waals surface area (Å²) >= 11 is 6.11. The van der Waals surface area contributed by atoms with Crippen LogP contribution in [0.25, 0.3) is 0 Å². The quantitative estimate of drug-likeness (QED) is 0.412. The molecule has 176 valence electrons. The first kappa shape index (κ1) is 23.6. The summed E-state index contributed by atoms with van der Waals surface area (Å²) in [7, 11) is 1.35. The van der Waals surface area contributed by atoms with Gasteiger partial charge in [-0.05, 0) is 79.1 Å². The number of carbonyl (C=O) groups excluding carboxylic acids is 2. The fourth-order valence-electron chi connectivity index (χ4n) is 4.24. The van der Waals surface area contributed by atoms with Gasteiger partial charge in [0, 0.05) is 10.7 Å². The van der Waals surface area contributed by atoms with E-state index < -0.39 is 12.0 Å². The standard InChI is InChI=1S/C27H26ClNO5/c1-4-33-23-14-19-15-25(30)29(21-12-10-20(28)11-13-21)26(22(19)16-24(23)34-5-2)17-6-8-18(9-7-17)27(31)32-3/h6-14,16,26H,4-5,15H2,1-3H3. The van der Waals surface area contributed by atoms with Crippen molar-refractivity contribution in [2.45, 2.75) is 26.3 Å². The van der Waals surface area contributed by atoms with Gasteiger partial charge in [-0.25, -0.2) is 4.79 Å². The molecule has 1 amide bonds. The molecule has 7 heteroatoms. The first-order valence-electron chi connectivity index (χ1n) is 11.1. The molecule has 1 heterocycles. The van der Waals surface area contributed by atoms with Gasteiger partial charge in [-0.15, -0.1) is 0 Å². The normalized spacial score (nSPS) is 15.0. The molecule has 1 aliphatic rings. The number of amides is 1. The second-order valence-electron chi connectivity index (χ2n) is 7.80. The smallest absolute Gasteiger partial charge is 0.337 e. The summed E-state index contributed by atoms with van der Waals surface area (Å²) in [6.07, 6.45) is 0.223. The van der Waals surface area contributed by atoms with Crippen LogP contribution in [-0.2, 0) is 16.0 Å². The molecule has 3 aromatic rings. The number of carbonyl (C=O) groups is 2. The summed E-state index contributed by atoms with van der Waals surface area (Å²) in [6, 6.07) is 17.7. The van der Waals surface area contributed by atoms with Crippen LogP contribution in [0.1, 0.15) is 46.9 Å². The maximum Gasteiger partial charge on any atom is 0.337 e. The van der Waals surface area contributed by atoms with Crippen LogP contribution in [0.15, 0.2) is 60.7 Å². The summed E-state index contributed by atoms with van der Waals surface area (Å²) in [5, 5.41) is 0.590. The largest absolute Gasteiger partial charge is 0.490 e. The molecule has 1 aliphatic heterocycles. The third-order valence-corrected chi connectivity index (χ3v) is 5.97. The van der Waals surface area contributed by atoms with Crippen molar-refractivity contribution < 1.29 is 23.8 Å². The lowest BCUT2D eigenvalue weighted by atomic mass is 9.86. The van der Waals surface area contributed by atoms with Gasteiger partial charge in [0.1, 0.15) is 0 Å². The van der Waals surface area contributed by atoms with Crippen LogP contribution in [-0.4, -0.2) is 32.2 Å². The molecule has 0 spiro atoms. The zero-order valence-corrected chi connectivity index (χ0v) is 20.1. The van der Waals surface area contributed by atoms with Crippen LogP contribution in [0.5, 0.6) is 11.5 Å². The van der Waals surface area contributed by atoms with Crippen molar-refractivity contribution in [1.29, 1.82) is 0 Å². The van der Waals surface area contributed by atoms with Gasteiger partial charge in [-0.3, -0.25) is 4.79 Å². The van der Waals surface area contributed by atoms with Crippen molar-refractivity contribution in [1.82, 2.24) is 0 Å². The Balaban J connectivity index is 1.89. The molecule has 0 saturated heterocycles. The Morgan fingerprint density at radius 2 is 1.59 bits per heavy atom. The Bertz CT molecular complexity index is 1190. The van der Waals surface area contributed by atoms with Gasteiger partial charge in [0.2, 0.25) is 5.91 Å². The van der Waals surface area contributed by atoms with E-state index in [9.17, 15) is 9.59 Å². The molecule has 0 bridgehead atoms. The SMILES string of the molecule is CCOc1cc2c(cc1OCC)C(c1ccc(C(=O)OC)cc1)N(c1ccc(Cl)cc1)C(=O)C2. The lowest BCUT2D eigenvalue weighted by Gasteiger charge is -2.38. The highest BCUT2D eigenvalue weighted by Crippen LogP contribution is 2.43. The number of halogens is 1. The Morgan fingerprint density at radius 1 is 0.971 bits per heavy atom. The predicted molar refractivity (Wildman–Crippen MR) is 131 cm³/mol. The maximum atomic E-state index is 13.5. The highest BCUT2D eigenvalue weighted by Gasteiger charge is 2.36. The number of methoxy groups -OCH3 is 1. The molecule has 0 N–H and O–H groups in total. The number of hydrogen-bond acceptors (Lipinski definition) is 5. The van der Waals surface area contributed by atoms with Gasteiger partial charge in [0.15, 0.2) is 11.5 Å². The van der Waals surface area contributed by atoms with E-state index in [1.54, 1.807) is 29.2 Å². The van der Waals surface area contributed by atoms with Gasteiger partial charge in [-0.1, -0.05) is 23.7 Å². The van der Waals surface area contributed by atoms with E-state index in [2.05, 4.69) is 0 Å². The second-order valence-corrected chi connectivity index (χ2v) is 8.23. The molecule has 3 aromatic carbocycles. The molecule has 0 radical (unpaired) electrons. The first-order chi connectivity index (χ1) is 16.5. The molecule has 0 aromatic heterocycles. The van der Waals surface area contributed by atoms with Crippen molar-refractivity contribution in [2.24, 2.45) is 0 Å². The first-order valence-corrected chi connectivity index (χ1v) is 11.5. The van der Waals surface area contributed by atoms with E-state index in [4.69, 9.17) is 25.8 Å². The lowest BCUT2D eigenvalue weighted by Crippen LogP contribution is -2.41. The minimum absolute atomic E-state index is 0.0523. The maximum absolute atomic E-state index is 13.5. The van der Waals surface area contributed by atoms with Crippen molar-refractivity contribution in [3.05, 3.63) is 87.9 Å². The third kappa shape index (κ3) is 4.59.